The Labute approximate surface area is 191 Å². The molecule has 1 N–H and O–H groups in total. The number of nitrogens with one attached hydrogen (secondary N) is 1. The van der Waals surface area contributed by atoms with E-state index in [-0.39, 0.29) is 23.7 Å². The van der Waals surface area contributed by atoms with Crippen molar-refractivity contribution in [2.75, 3.05) is 48.7 Å². The molecule has 1 saturated heterocycles. The highest BCUT2D eigenvalue weighted by molar-refractivity contribution is 7.79. The fraction of sp³-hybridized carbons (Fsp3) is 0.458. The van der Waals surface area contributed by atoms with Crippen molar-refractivity contribution in [1.82, 2.24) is 9.80 Å². The number of fused-ring (bicyclic) bond motifs is 2. The van der Waals surface area contributed by atoms with Crippen molar-refractivity contribution in [2.45, 2.75) is 32.0 Å². The third kappa shape index (κ3) is 4.32. The molecule has 3 unspecified atom stereocenters. The maximum absolute atomic E-state index is 13.3. The molecule has 5 rings (SSSR count). The van der Waals surface area contributed by atoms with Gasteiger partial charge in [-0.1, -0.05) is 41.4 Å². The summed E-state index contributed by atoms with van der Waals surface area (Å²) in [7, 11) is 0. The molecule has 8 heteroatoms. The molecule has 0 aliphatic carbocycles. The van der Waals surface area contributed by atoms with Crippen molar-refractivity contribution in [2.24, 2.45) is 0 Å². The molecular formula is C24H29N4O3S-. The summed E-state index contributed by atoms with van der Waals surface area (Å²) >= 11 is -2.08. The van der Waals surface area contributed by atoms with Crippen LogP contribution >= 0.6 is 0 Å². The Kier molecular flexibility index (Phi) is 6.03. The number of nitrogens with zero attached hydrogens (tertiary/aromatic N) is 3. The van der Waals surface area contributed by atoms with Crippen LogP contribution in [0.2, 0.25) is 0 Å². The third-order valence-corrected chi connectivity index (χ3v) is 7.42. The lowest BCUT2D eigenvalue weighted by atomic mass is 9.94. The number of hydrogen-bond acceptors (Lipinski definition) is 6. The Morgan fingerprint density at radius 2 is 1.84 bits per heavy atom. The van der Waals surface area contributed by atoms with Gasteiger partial charge in [-0.2, -0.15) is 0 Å². The number of carbonyl (C=O) groups is 1. The fourth-order valence-electron chi connectivity index (χ4n) is 5.15. The Bertz CT molecular complexity index is 1020. The number of hydrogen-bond donors (Lipinski definition) is 1. The van der Waals surface area contributed by atoms with E-state index < -0.39 is 11.1 Å². The van der Waals surface area contributed by atoms with Crippen LogP contribution in [-0.2, 0) is 28.8 Å². The van der Waals surface area contributed by atoms with Gasteiger partial charge in [0.2, 0.25) is 5.91 Å². The molecule has 3 aliphatic rings. The summed E-state index contributed by atoms with van der Waals surface area (Å²) in [6.07, 6.45) is 0.812. The van der Waals surface area contributed by atoms with Crippen molar-refractivity contribution in [1.29, 1.82) is 0 Å². The summed E-state index contributed by atoms with van der Waals surface area (Å²) in [5.74, 6) is 0.226. The first-order chi connectivity index (χ1) is 15.5. The van der Waals surface area contributed by atoms with Gasteiger partial charge in [0.15, 0.2) is 0 Å². The second-order valence-corrected chi connectivity index (χ2v) is 10.0. The lowest BCUT2D eigenvalue weighted by Gasteiger charge is -2.36. The number of anilines is 2. The highest BCUT2D eigenvalue weighted by atomic mass is 32.2. The van der Waals surface area contributed by atoms with E-state index in [2.05, 4.69) is 52.4 Å². The van der Waals surface area contributed by atoms with E-state index in [9.17, 15) is 13.6 Å². The predicted molar refractivity (Wildman–Crippen MR) is 125 cm³/mol. The highest BCUT2D eigenvalue weighted by Gasteiger charge is 2.36. The monoisotopic (exact) mass is 453 g/mol. The first-order valence-electron chi connectivity index (χ1n) is 11.3. The molecule has 170 valence electrons. The largest absolute Gasteiger partial charge is 0.772 e. The van der Waals surface area contributed by atoms with Crippen molar-refractivity contribution in [3.63, 3.8) is 0 Å². The Morgan fingerprint density at radius 1 is 1.12 bits per heavy atom. The average molecular weight is 454 g/mol. The summed E-state index contributed by atoms with van der Waals surface area (Å²) in [5, 5.41) is 3.22. The van der Waals surface area contributed by atoms with Gasteiger partial charge in [-0.15, -0.1) is 0 Å². The summed E-state index contributed by atoms with van der Waals surface area (Å²) in [5.41, 5.74) is 5.43. The molecule has 2 aromatic rings. The minimum Gasteiger partial charge on any atom is -0.772 e. The van der Waals surface area contributed by atoms with E-state index in [4.69, 9.17) is 0 Å². The zero-order valence-corrected chi connectivity index (χ0v) is 19.1. The molecule has 3 heterocycles. The van der Waals surface area contributed by atoms with Crippen LogP contribution in [0.15, 0.2) is 42.5 Å². The quantitative estimate of drug-likeness (QED) is 0.675. The molecule has 32 heavy (non-hydrogen) atoms. The molecule has 3 atom stereocenters. The molecule has 7 nitrogen and oxygen atoms in total. The van der Waals surface area contributed by atoms with E-state index >= 15 is 0 Å². The lowest BCUT2D eigenvalue weighted by Crippen LogP contribution is -2.50. The molecule has 3 aliphatic heterocycles. The standard InChI is InChI=1S/C24H30N4O3S/c1-17-11-19-12-20-21(25-22(20)16-32(30)31)13-23(19)28(17)24(29)15-27-9-7-26(8-10-27)14-18-5-3-2-4-6-18/h2-6,12-13,17,22,25H,7-11,14-16H2,1H3,(H,30,31)/p-1. The van der Waals surface area contributed by atoms with Crippen LogP contribution in [0.25, 0.3) is 0 Å². The van der Waals surface area contributed by atoms with Gasteiger partial charge in [0.25, 0.3) is 0 Å². The van der Waals surface area contributed by atoms with E-state index in [0.717, 1.165) is 61.6 Å². The van der Waals surface area contributed by atoms with Gasteiger partial charge in [-0.05, 0) is 42.2 Å². The second-order valence-electron chi connectivity index (χ2n) is 9.09. The molecule has 0 saturated carbocycles. The van der Waals surface area contributed by atoms with Crippen LogP contribution < -0.4 is 10.2 Å². The second kappa shape index (κ2) is 8.94. The maximum atomic E-state index is 13.3. The molecule has 2 aromatic carbocycles. The number of carbonyl (C=O) groups excluding carboxylic acids is 1. The normalized spacial score (nSPS) is 23.8. The van der Waals surface area contributed by atoms with E-state index in [1.807, 2.05) is 17.0 Å². The van der Waals surface area contributed by atoms with Crippen LogP contribution in [0.5, 0.6) is 0 Å². The number of benzene rings is 2. The van der Waals surface area contributed by atoms with Gasteiger partial charge in [-0.25, -0.2) is 0 Å². The van der Waals surface area contributed by atoms with Crippen LogP contribution in [0.1, 0.15) is 29.7 Å². The average Bonchev–Trinajstić information content (AvgIpc) is 3.09. The van der Waals surface area contributed by atoms with Crippen molar-refractivity contribution >= 4 is 28.4 Å². The molecule has 0 aromatic heterocycles. The van der Waals surface area contributed by atoms with Gasteiger partial charge in [0.05, 0.1) is 12.6 Å². The minimum atomic E-state index is -2.08. The summed E-state index contributed by atoms with van der Waals surface area (Å²) in [6.45, 7) is 7.21. The first kappa shape index (κ1) is 21.6. The molecular weight excluding hydrogens is 424 g/mol. The predicted octanol–water partition coefficient (Wildman–Crippen LogP) is 2.13. The van der Waals surface area contributed by atoms with Crippen LogP contribution in [-0.4, -0.2) is 69.0 Å². The molecule has 1 fully saturated rings. The first-order valence-corrected chi connectivity index (χ1v) is 12.5. The Balaban J connectivity index is 1.19. The van der Waals surface area contributed by atoms with Crippen molar-refractivity contribution < 1.29 is 13.6 Å². The maximum Gasteiger partial charge on any atom is 0.241 e. The van der Waals surface area contributed by atoms with E-state index in [1.165, 1.54) is 5.56 Å². The minimum absolute atomic E-state index is 0.0836. The van der Waals surface area contributed by atoms with Crippen molar-refractivity contribution in [3.8, 4) is 0 Å². The van der Waals surface area contributed by atoms with Crippen LogP contribution in [0.3, 0.4) is 0 Å². The zero-order chi connectivity index (χ0) is 22.2. The van der Waals surface area contributed by atoms with E-state index in [0.29, 0.717) is 6.54 Å². The van der Waals surface area contributed by atoms with Gasteiger partial charge in [0, 0.05) is 55.9 Å². The number of amides is 1. The van der Waals surface area contributed by atoms with Gasteiger partial charge < -0.3 is 14.8 Å². The zero-order valence-electron chi connectivity index (χ0n) is 18.3. The van der Waals surface area contributed by atoms with E-state index in [1.54, 1.807) is 0 Å². The Morgan fingerprint density at radius 3 is 2.56 bits per heavy atom. The Hall–Kier alpha value is -2.26. The van der Waals surface area contributed by atoms with Gasteiger partial charge in [0.1, 0.15) is 0 Å². The summed E-state index contributed by atoms with van der Waals surface area (Å²) < 4.78 is 22.1. The van der Waals surface area contributed by atoms with Gasteiger partial charge >= 0.3 is 0 Å². The third-order valence-electron chi connectivity index (χ3n) is 6.82. The SMILES string of the molecule is CC1Cc2cc3c(cc2N1C(=O)CN1CCN(Cc2ccccc2)CC1)NC3CS(=O)[O-]. The molecule has 0 spiro atoms. The van der Waals surface area contributed by atoms with Crippen molar-refractivity contribution in [3.05, 3.63) is 59.2 Å². The number of piperazine rings is 1. The smallest absolute Gasteiger partial charge is 0.241 e. The molecule has 1 amide bonds. The summed E-state index contributed by atoms with van der Waals surface area (Å²) in [4.78, 5) is 19.9. The topological polar surface area (TPSA) is 79.0 Å². The van der Waals surface area contributed by atoms with Crippen LogP contribution in [0.4, 0.5) is 11.4 Å². The van der Waals surface area contributed by atoms with Crippen LogP contribution in [0, 0.1) is 0 Å². The fourth-order valence-corrected chi connectivity index (χ4v) is 5.69. The molecule has 0 radical (unpaired) electrons. The highest BCUT2D eigenvalue weighted by Crippen LogP contribution is 2.44. The molecule has 0 bridgehead atoms. The summed E-state index contributed by atoms with van der Waals surface area (Å²) in [6, 6.07) is 14.6. The lowest BCUT2D eigenvalue weighted by molar-refractivity contribution is -0.120. The number of rotatable bonds is 6. The van der Waals surface area contributed by atoms with Gasteiger partial charge in [-0.3, -0.25) is 18.8 Å².